The highest BCUT2D eigenvalue weighted by Crippen LogP contribution is 2.42. The Bertz CT molecular complexity index is 330. The normalized spacial score (nSPS) is 29.0. The van der Waals surface area contributed by atoms with Crippen molar-refractivity contribution in [2.24, 2.45) is 5.84 Å². The molecule has 0 spiro atoms. The van der Waals surface area contributed by atoms with Gasteiger partial charge in [-0.05, 0) is 57.2 Å². The third-order valence-corrected chi connectivity index (χ3v) is 5.24. The van der Waals surface area contributed by atoms with Gasteiger partial charge < -0.3 is 4.74 Å². The largest absolute Gasteiger partial charge is 0.501 e. The molecule has 1 unspecified atom stereocenters. The summed E-state index contributed by atoms with van der Waals surface area (Å²) in [5.41, 5.74) is 4.77. The Morgan fingerprint density at radius 2 is 1.89 bits per heavy atom. The first kappa shape index (κ1) is 13.4. The van der Waals surface area contributed by atoms with Gasteiger partial charge in [0.05, 0.1) is 18.9 Å². The van der Waals surface area contributed by atoms with Crippen LogP contribution in [0, 0.1) is 0 Å². The minimum absolute atomic E-state index is 0.248. The van der Waals surface area contributed by atoms with E-state index >= 15 is 0 Å². The molecule has 0 aromatic heterocycles. The molecule has 2 fully saturated rings. The number of likely N-dealkylation sites (tertiary alicyclic amines) is 1. The lowest BCUT2D eigenvalue weighted by Crippen LogP contribution is -2.61. The summed E-state index contributed by atoms with van der Waals surface area (Å²) in [6.45, 7) is 3.34. The maximum absolute atomic E-state index is 5.96. The zero-order valence-electron chi connectivity index (χ0n) is 11.9. The van der Waals surface area contributed by atoms with Gasteiger partial charge >= 0.3 is 0 Å². The maximum atomic E-state index is 5.96. The van der Waals surface area contributed by atoms with Crippen molar-refractivity contribution in [2.45, 2.75) is 62.9 Å². The first-order valence-electron chi connectivity index (χ1n) is 7.88. The minimum Gasteiger partial charge on any atom is -0.501 e. The van der Waals surface area contributed by atoms with Crippen molar-refractivity contribution in [3.8, 4) is 0 Å². The van der Waals surface area contributed by atoms with E-state index in [0.717, 1.165) is 19.4 Å². The van der Waals surface area contributed by atoms with Crippen LogP contribution >= 0.6 is 0 Å². The van der Waals surface area contributed by atoms with Crippen LogP contribution in [0.25, 0.3) is 0 Å². The number of hydrogen-bond acceptors (Lipinski definition) is 4. The number of hydrazine groups is 1. The molecule has 19 heavy (non-hydrogen) atoms. The third kappa shape index (κ3) is 2.41. The summed E-state index contributed by atoms with van der Waals surface area (Å²) in [6, 6.07) is 0.272. The van der Waals surface area contributed by atoms with E-state index in [9.17, 15) is 0 Å². The molecule has 2 aliphatic heterocycles. The second kappa shape index (κ2) is 5.81. The van der Waals surface area contributed by atoms with Crippen LogP contribution in [-0.2, 0) is 4.74 Å². The maximum Gasteiger partial charge on any atom is 0.0876 e. The van der Waals surface area contributed by atoms with Crippen molar-refractivity contribution in [1.29, 1.82) is 0 Å². The molecule has 108 valence electrons. The Labute approximate surface area is 116 Å². The highest BCUT2D eigenvalue weighted by atomic mass is 16.5. The van der Waals surface area contributed by atoms with Gasteiger partial charge in [-0.3, -0.25) is 16.2 Å². The average Bonchev–Trinajstić information content (AvgIpc) is 3.12. The molecular formula is C15H27N3O. The first-order valence-corrected chi connectivity index (χ1v) is 7.88. The fourth-order valence-corrected chi connectivity index (χ4v) is 4.34. The van der Waals surface area contributed by atoms with Crippen LogP contribution in [0.4, 0.5) is 0 Å². The number of hydrogen-bond donors (Lipinski definition) is 2. The molecule has 0 aromatic carbocycles. The Morgan fingerprint density at radius 3 is 2.47 bits per heavy atom. The molecule has 1 aliphatic carbocycles. The molecule has 4 heteroatoms. The highest BCUT2D eigenvalue weighted by molar-refractivity contribution is 5.21. The predicted octanol–water partition coefficient (Wildman–Crippen LogP) is 1.92. The highest BCUT2D eigenvalue weighted by Gasteiger charge is 2.47. The summed E-state index contributed by atoms with van der Waals surface area (Å²) >= 11 is 0. The molecule has 0 bridgehead atoms. The summed E-state index contributed by atoms with van der Waals surface area (Å²) in [6.07, 6.45) is 12.1. The molecule has 4 nitrogen and oxygen atoms in total. The predicted molar refractivity (Wildman–Crippen MR) is 76.4 cm³/mol. The third-order valence-electron chi connectivity index (χ3n) is 5.24. The number of nitrogens with zero attached hydrogens (tertiary/aromatic N) is 1. The second-order valence-electron chi connectivity index (χ2n) is 6.27. The second-order valence-corrected chi connectivity index (χ2v) is 6.27. The van der Waals surface area contributed by atoms with Crippen molar-refractivity contribution >= 4 is 0 Å². The van der Waals surface area contributed by atoms with Gasteiger partial charge in [-0.1, -0.05) is 12.8 Å². The van der Waals surface area contributed by atoms with Gasteiger partial charge in [-0.25, -0.2) is 0 Å². The molecule has 1 atom stereocenters. The van der Waals surface area contributed by atoms with Gasteiger partial charge in [-0.15, -0.1) is 0 Å². The molecular weight excluding hydrogens is 238 g/mol. The van der Waals surface area contributed by atoms with E-state index in [2.05, 4.69) is 10.3 Å². The van der Waals surface area contributed by atoms with Gasteiger partial charge in [-0.2, -0.15) is 0 Å². The molecule has 2 heterocycles. The number of ether oxygens (including phenoxy) is 1. The molecule has 3 aliphatic rings. The van der Waals surface area contributed by atoms with Crippen LogP contribution in [0.15, 0.2) is 11.8 Å². The number of nitrogens with two attached hydrogens (primary N) is 1. The van der Waals surface area contributed by atoms with Crippen LogP contribution in [0.2, 0.25) is 0 Å². The number of nitrogens with one attached hydrogen (secondary N) is 1. The van der Waals surface area contributed by atoms with E-state index in [4.69, 9.17) is 10.6 Å². The Hall–Kier alpha value is -0.580. The Kier molecular flexibility index (Phi) is 4.10. The van der Waals surface area contributed by atoms with E-state index in [1.54, 1.807) is 0 Å². The molecule has 1 saturated carbocycles. The van der Waals surface area contributed by atoms with Crippen LogP contribution in [-0.4, -0.2) is 36.2 Å². The SMILES string of the molecule is NNC(C1=COCCC1)C1(N2CCCC2)CCCC1. The van der Waals surface area contributed by atoms with Gasteiger partial charge in [0.25, 0.3) is 0 Å². The fraction of sp³-hybridized carbons (Fsp3) is 0.867. The van der Waals surface area contributed by atoms with Crippen molar-refractivity contribution in [3.63, 3.8) is 0 Å². The molecule has 0 radical (unpaired) electrons. The Morgan fingerprint density at radius 1 is 1.16 bits per heavy atom. The van der Waals surface area contributed by atoms with Crippen LogP contribution in [0.1, 0.15) is 51.4 Å². The van der Waals surface area contributed by atoms with E-state index < -0.39 is 0 Å². The molecule has 1 saturated heterocycles. The zero-order chi connectivity index (χ0) is 13.1. The standard InChI is InChI=1S/C15H27N3O/c16-17-14(13-6-5-11-19-12-13)15(7-1-2-8-15)18-9-3-4-10-18/h12,14,17H,1-11,16H2. The van der Waals surface area contributed by atoms with E-state index in [-0.39, 0.29) is 11.6 Å². The molecule has 0 amide bonds. The van der Waals surface area contributed by atoms with Gasteiger partial charge in [0.15, 0.2) is 0 Å². The van der Waals surface area contributed by atoms with Crippen LogP contribution in [0.3, 0.4) is 0 Å². The zero-order valence-corrected chi connectivity index (χ0v) is 11.9. The van der Waals surface area contributed by atoms with E-state index in [1.807, 2.05) is 6.26 Å². The minimum atomic E-state index is 0.248. The lowest BCUT2D eigenvalue weighted by molar-refractivity contribution is 0.0836. The first-order chi connectivity index (χ1) is 9.37. The summed E-state index contributed by atoms with van der Waals surface area (Å²) in [7, 11) is 0. The lowest BCUT2D eigenvalue weighted by Gasteiger charge is -2.46. The van der Waals surface area contributed by atoms with E-state index in [0.29, 0.717) is 0 Å². The number of rotatable bonds is 4. The van der Waals surface area contributed by atoms with Crippen molar-refractivity contribution in [1.82, 2.24) is 10.3 Å². The summed E-state index contributed by atoms with van der Waals surface area (Å²) in [5.74, 6) is 5.96. The van der Waals surface area contributed by atoms with E-state index in [1.165, 1.54) is 57.2 Å². The molecule has 3 N–H and O–H groups in total. The smallest absolute Gasteiger partial charge is 0.0876 e. The van der Waals surface area contributed by atoms with Crippen molar-refractivity contribution in [2.75, 3.05) is 19.7 Å². The van der Waals surface area contributed by atoms with Gasteiger partial charge in [0, 0.05) is 5.54 Å². The fourth-order valence-electron chi connectivity index (χ4n) is 4.34. The van der Waals surface area contributed by atoms with Crippen molar-refractivity contribution in [3.05, 3.63) is 11.8 Å². The van der Waals surface area contributed by atoms with Crippen LogP contribution < -0.4 is 11.3 Å². The Balaban J connectivity index is 1.86. The summed E-state index contributed by atoms with van der Waals surface area (Å²) < 4.78 is 5.56. The quantitative estimate of drug-likeness (QED) is 0.602. The van der Waals surface area contributed by atoms with Crippen LogP contribution in [0.5, 0.6) is 0 Å². The topological polar surface area (TPSA) is 50.5 Å². The van der Waals surface area contributed by atoms with Gasteiger partial charge in [0.2, 0.25) is 0 Å². The monoisotopic (exact) mass is 265 g/mol. The molecule has 3 rings (SSSR count). The average molecular weight is 265 g/mol. The van der Waals surface area contributed by atoms with Gasteiger partial charge in [0.1, 0.15) is 0 Å². The lowest BCUT2D eigenvalue weighted by atomic mass is 9.81. The summed E-state index contributed by atoms with van der Waals surface area (Å²) in [4.78, 5) is 2.71. The molecule has 0 aromatic rings. The van der Waals surface area contributed by atoms with Crippen molar-refractivity contribution < 1.29 is 4.74 Å². The summed E-state index contributed by atoms with van der Waals surface area (Å²) in [5, 5.41) is 0.